The van der Waals surface area contributed by atoms with Crippen LogP contribution in [-0.2, 0) is 28.0 Å². The fraction of sp³-hybridized carbons (Fsp3) is 0.148. The quantitative estimate of drug-likeness (QED) is 0.238. The predicted octanol–water partition coefficient (Wildman–Crippen LogP) is 2.73. The molecule has 0 saturated carbocycles. The zero-order valence-corrected chi connectivity index (χ0v) is 21.2. The number of hydrogen-bond acceptors (Lipinski definition) is 8. The van der Waals surface area contributed by atoms with Crippen LogP contribution in [0.3, 0.4) is 0 Å². The summed E-state index contributed by atoms with van der Waals surface area (Å²) in [5, 5.41) is 36.1. The summed E-state index contributed by atoms with van der Waals surface area (Å²) in [5.41, 5.74) is 3.38. The normalized spacial score (nSPS) is 10.1. The minimum atomic E-state index is -1.82. The molecule has 0 fully saturated rings. The molecule has 1 amide bonds. The Morgan fingerprint density at radius 2 is 1.70 bits per heavy atom. The fourth-order valence-corrected chi connectivity index (χ4v) is 3.58. The average Bonchev–Trinajstić information content (AvgIpc) is 3.27. The Morgan fingerprint density at radius 3 is 2.27 bits per heavy atom. The number of hydrogen-bond donors (Lipinski definition) is 4. The molecule has 0 aliphatic carbocycles. The van der Waals surface area contributed by atoms with Gasteiger partial charge in [0, 0.05) is 31.0 Å². The van der Waals surface area contributed by atoms with Gasteiger partial charge < -0.3 is 25.2 Å². The molecule has 2 heterocycles. The van der Waals surface area contributed by atoms with Gasteiger partial charge in [0.1, 0.15) is 11.6 Å². The third kappa shape index (κ3) is 7.39. The molecule has 4 N–H and O–H groups in total. The SMILES string of the molecule is Cn1c(CNc2ccc(C#N)cc2)nc2cc(C(=O)N(CCC(=O)O)c3ccccn3)ccc21.O=C(O)C(=O)O. The number of fused-ring (bicyclic) bond motifs is 1. The molecule has 204 valence electrons. The number of nitrogens with zero attached hydrogens (tertiary/aromatic N) is 5. The minimum absolute atomic E-state index is 0.00516. The van der Waals surface area contributed by atoms with E-state index in [9.17, 15) is 9.59 Å². The number of carboxylic acids is 3. The number of nitrogens with one attached hydrogen (secondary N) is 1. The molecule has 0 bridgehead atoms. The molecule has 4 rings (SSSR count). The number of carbonyl (C=O) groups is 4. The molecule has 0 aliphatic heterocycles. The van der Waals surface area contributed by atoms with E-state index in [0.717, 1.165) is 17.0 Å². The van der Waals surface area contributed by atoms with Crippen LogP contribution in [0.1, 0.15) is 28.2 Å². The number of aliphatic carboxylic acids is 3. The van der Waals surface area contributed by atoms with Gasteiger partial charge in [-0.15, -0.1) is 0 Å². The number of aromatic nitrogens is 3. The smallest absolute Gasteiger partial charge is 0.414 e. The number of nitriles is 1. The lowest BCUT2D eigenvalue weighted by Gasteiger charge is -2.21. The zero-order valence-electron chi connectivity index (χ0n) is 21.2. The highest BCUT2D eigenvalue weighted by Crippen LogP contribution is 2.21. The van der Waals surface area contributed by atoms with Crippen molar-refractivity contribution in [3.63, 3.8) is 0 Å². The number of carboxylic acid groups (broad SMARTS) is 3. The monoisotopic (exact) mass is 544 g/mol. The van der Waals surface area contributed by atoms with Gasteiger partial charge in [-0.05, 0) is 54.6 Å². The second kappa shape index (κ2) is 13.2. The van der Waals surface area contributed by atoms with E-state index in [2.05, 4.69) is 21.4 Å². The first-order valence-corrected chi connectivity index (χ1v) is 11.7. The zero-order chi connectivity index (χ0) is 29.2. The number of benzene rings is 2. The summed E-state index contributed by atoms with van der Waals surface area (Å²) in [6, 6.07) is 19.6. The number of imidazole rings is 1. The highest BCUT2D eigenvalue weighted by Gasteiger charge is 2.21. The molecule has 4 aromatic rings. The van der Waals surface area contributed by atoms with Crippen LogP contribution in [0.2, 0.25) is 0 Å². The number of rotatable bonds is 8. The molecule has 0 radical (unpaired) electrons. The lowest BCUT2D eigenvalue weighted by molar-refractivity contribution is -0.159. The van der Waals surface area contributed by atoms with Gasteiger partial charge in [-0.1, -0.05) is 6.07 Å². The van der Waals surface area contributed by atoms with Crippen molar-refractivity contribution < 1.29 is 34.5 Å². The Morgan fingerprint density at radius 1 is 1.00 bits per heavy atom. The third-order valence-electron chi connectivity index (χ3n) is 5.59. The molecule has 0 unspecified atom stereocenters. The number of anilines is 2. The minimum Gasteiger partial charge on any atom is -0.481 e. The first-order chi connectivity index (χ1) is 19.1. The van der Waals surface area contributed by atoms with Gasteiger partial charge in [-0.25, -0.2) is 19.6 Å². The molecule has 13 nitrogen and oxygen atoms in total. The highest BCUT2D eigenvalue weighted by molar-refractivity contribution is 6.27. The van der Waals surface area contributed by atoms with Gasteiger partial charge in [0.15, 0.2) is 0 Å². The largest absolute Gasteiger partial charge is 0.481 e. The summed E-state index contributed by atoms with van der Waals surface area (Å²) in [7, 11) is 1.90. The van der Waals surface area contributed by atoms with Gasteiger partial charge in [-0.3, -0.25) is 14.5 Å². The Balaban J connectivity index is 0.000000663. The van der Waals surface area contributed by atoms with Crippen molar-refractivity contribution in [2.75, 3.05) is 16.8 Å². The van der Waals surface area contributed by atoms with E-state index in [4.69, 9.17) is 30.2 Å². The van der Waals surface area contributed by atoms with Crippen molar-refractivity contribution >= 4 is 46.4 Å². The van der Waals surface area contributed by atoms with Crippen molar-refractivity contribution in [1.82, 2.24) is 14.5 Å². The fourth-order valence-electron chi connectivity index (χ4n) is 3.58. The summed E-state index contributed by atoms with van der Waals surface area (Å²) in [4.78, 5) is 52.9. The van der Waals surface area contributed by atoms with Crippen LogP contribution >= 0.6 is 0 Å². The van der Waals surface area contributed by atoms with Crippen molar-refractivity contribution in [3.8, 4) is 6.07 Å². The molecule has 2 aromatic carbocycles. The number of carbonyl (C=O) groups excluding carboxylic acids is 1. The molecule has 2 aromatic heterocycles. The van der Waals surface area contributed by atoms with Crippen molar-refractivity contribution in [2.45, 2.75) is 13.0 Å². The summed E-state index contributed by atoms with van der Waals surface area (Å²) in [5.74, 6) is -3.82. The van der Waals surface area contributed by atoms with Crippen LogP contribution in [-0.4, -0.2) is 60.2 Å². The lowest BCUT2D eigenvalue weighted by atomic mass is 10.1. The van der Waals surface area contributed by atoms with Crippen LogP contribution in [0.15, 0.2) is 66.9 Å². The first kappa shape index (κ1) is 28.8. The van der Waals surface area contributed by atoms with E-state index in [1.807, 2.05) is 29.8 Å². The van der Waals surface area contributed by atoms with E-state index in [1.165, 1.54) is 4.90 Å². The van der Waals surface area contributed by atoms with Crippen LogP contribution in [0.5, 0.6) is 0 Å². The van der Waals surface area contributed by atoms with E-state index >= 15 is 0 Å². The number of pyridine rings is 1. The summed E-state index contributed by atoms with van der Waals surface area (Å²) in [6.07, 6.45) is 1.37. The topological polar surface area (TPSA) is 199 Å². The molecular formula is C27H24N6O7. The average molecular weight is 545 g/mol. The molecule has 0 saturated heterocycles. The molecule has 13 heteroatoms. The Labute approximate surface area is 227 Å². The van der Waals surface area contributed by atoms with Gasteiger partial charge in [-0.2, -0.15) is 5.26 Å². The van der Waals surface area contributed by atoms with E-state index in [-0.39, 0.29) is 18.9 Å². The lowest BCUT2D eigenvalue weighted by Crippen LogP contribution is -2.33. The molecule has 0 aliphatic rings. The van der Waals surface area contributed by atoms with Crippen molar-refractivity contribution in [3.05, 3.63) is 83.8 Å². The molecule has 40 heavy (non-hydrogen) atoms. The maximum Gasteiger partial charge on any atom is 0.414 e. The Kier molecular flexibility index (Phi) is 9.47. The second-order valence-electron chi connectivity index (χ2n) is 8.23. The van der Waals surface area contributed by atoms with Crippen LogP contribution in [0.4, 0.5) is 11.5 Å². The highest BCUT2D eigenvalue weighted by atomic mass is 16.4. The van der Waals surface area contributed by atoms with Crippen LogP contribution in [0.25, 0.3) is 11.0 Å². The second-order valence-corrected chi connectivity index (χ2v) is 8.23. The van der Waals surface area contributed by atoms with E-state index in [1.54, 1.807) is 48.7 Å². The number of aryl methyl sites for hydroxylation is 1. The van der Waals surface area contributed by atoms with Gasteiger partial charge in [0.05, 0.1) is 35.6 Å². The summed E-state index contributed by atoms with van der Waals surface area (Å²) >= 11 is 0. The summed E-state index contributed by atoms with van der Waals surface area (Å²) < 4.78 is 1.95. The van der Waals surface area contributed by atoms with Crippen LogP contribution < -0.4 is 10.2 Å². The van der Waals surface area contributed by atoms with Crippen molar-refractivity contribution in [1.29, 1.82) is 5.26 Å². The molecule has 0 atom stereocenters. The standard InChI is InChI=1S/C25H22N6O3.C2H2O4/c1-30-21-10-7-18(25(34)31(13-11-24(32)33)22-4-2-3-12-27-22)14-20(21)29-23(30)16-28-19-8-5-17(15-26)6-9-19;3-1(4)2(5)6/h2-10,12,14,28H,11,13,16H2,1H3,(H,32,33);(H,3,4)(H,5,6). The van der Waals surface area contributed by atoms with E-state index in [0.29, 0.717) is 29.0 Å². The van der Waals surface area contributed by atoms with Crippen molar-refractivity contribution in [2.24, 2.45) is 7.05 Å². The van der Waals surface area contributed by atoms with Gasteiger partial charge in [0.25, 0.3) is 5.91 Å². The van der Waals surface area contributed by atoms with Crippen LogP contribution in [0, 0.1) is 11.3 Å². The predicted molar refractivity (Wildman–Crippen MR) is 143 cm³/mol. The first-order valence-electron chi connectivity index (χ1n) is 11.7. The molecule has 0 spiro atoms. The molecular weight excluding hydrogens is 520 g/mol. The van der Waals surface area contributed by atoms with Gasteiger partial charge in [0.2, 0.25) is 0 Å². The third-order valence-corrected chi connectivity index (χ3v) is 5.59. The van der Waals surface area contributed by atoms with E-state index < -0.39 is 17.9 Å². The maximum atomic E-state index is 13.3. The van der Waals surface area contributed by atoms with Gasteiger partial charge >= 0.3 is 17.9 Å². The number of amides is 1. The summed E-state index contributed by atoms with van der Waals surface area (Å²) in [6.45, 7) is 0.463. The Bertz CT molecular complexity index is 1560. The maximum absolute atomic E-state index is 13.3. The Hall–Kier alpha value is -5.77.